The summed E-state index contributed by atoms with van der Waals surface area (Å²) in [4.78, 5) is 12.1. The van der Waals surface area contributed by atoms with Gasteiger partial charge in [0.05, 0.1) is 7.11 Å². The van der Waals surface area contributed by atoms with Crippen molar-refractivity contribution in [3.8, 4) is 11.5 Å². The van der Waals surface area contributed by atoms with Gasteiger partial charge in [0.1, 0.15) is 12.7 Å². The Morgan fingerprint density at radius 1 is 1.06 bits per heavy atom. The first kappa shape index (κ1) is 27.2. The van der Waals surface area contributed by atoms with E-state index in [0.29, 0.717) is 36.9 Å². The molecule has 3 N–H and O–H groups in total. The monoisotopic (exact) mass is 436 g/mol. The highest BCUT2D eigenvalue weighted by molar-refractivity contribution is 5.75. The topological polar surface area (TPSA) is 79.8 Å². The lowest BCUT2D eigenvalue weighted by Gasteiger charge is -2.17. The molecule has 2 unspecified atom stereocenters. The molecule has 0 bridgehead atoms. The largest absolute Gasteiger partial charge is 0.493 e. The fourth-order valence-corrected chi connectivity index (χ4v) is 3.18. The predicted molar refractivity (Wildman–Crippen MR) is 127 cm³/mol. The number of aliphatic hydroxyl groups excluding tert-OH is 1. The number of aliphatic hydroxyl groups is 1. The first-order chi connectivity index (χ1) is 15.0. The summed E-state index contributed by atoms with van der Waals surface area (Å²) < 4.78 is 11.2. The van der Waals surface area contributed by atoms with Crippen molar-refractivity contribution in [2.24, 2.45) is 5.92 Å². The summed E-state index contributed by atoms with van der Waals surface area (Å²) in [6, 6.07) is 5.61. The second-order valence-corrected chi connectivity index (χ2v) is 8.42. The minimum Gasteiger partial charge on any atom is -0.493 e. The van der Waals surface area contributed by atoms with E-state index in [2.05, 4.69) is 31.4 Å². The van der Waals surface area contributed by atoms with E-state index >= 15 is 0 Å². The standard InChI is InChI=1S/C25H44N2O4/c1-5-7-8-9-10-11-12-25(29)27-17-21-13-14-23(24(15-21)30-4)31-19-22(28)18-26-16-20(3)6-2/h13-15,20,22,26,28H,5-12,16-19H2,1-4H3,(H,27,29). The smallest absolute Gasteiger partial charge is 0.220 e. The number of hydrogen-bond donors (Lipinski definition) is 3. The van der Waals surface area contributed by atoms with Gasteiger partial charge in [-0.25, -0.2) is 0 Å². The molecule has 31 heavy (non-hydrogen) atoms. The van der Waals surface area contributed by atoms with E-state index in [0.717, 1.165) is 31.4 Å². The third kappa shape index (κ3) is 12.6. The third-order valence-electron chi connectivity index (χ3n) is 5.48. The fraction of sp³-hybridized carbons (Fsp3) is 0.720. The number of hydrogen-bond acceptors (Lipinski definition) is 5. The number of methoxy groups -OCH3 is 1. The van der Waals surface area contributed by atoms with Gasteiger partial charge >= 0.3 is 0 Å². The molecule has 0 saturated carbocycles. The molecule has 0 fully saturated rings. The van der Waals surface area contributed by atoms with Crippen molar-refractivity contribution in [3.63, 3.8) is 0 Å². The maximum absolute atomic E-state index is 12.1. The summed E-state index contributed by atoms with van der Waals surface area (Å²) >= 11 is 0. The number of unbranched alkanes of at least 4 members (excludes halogenated alkanes) is 5. The molecule has 2 atom stereocenters. The van der Waals surface area contributed by atoms with Crippen molar-refractivity contribution in [3.05, 3.63) is 23.8 Å². The van der Waals surface area contributed by atoms with Gasteiger partial charge in [0.2, 0.25) is 5.91 Å². The van der Waals surface area contributed by atoms with Gasteiger partial charge in [-0.05, 0) is 36.6 Å². The third-order valence-corrected chi connectivity index (χ3v) is 5.48. The van der Waals surface area contributed by atoms with Crippen molar-refractivity contribution in [2.45, 2.75) is 84.8 Å². The maximum Gasteiger partial charge on any atom is 0.220 e. The van der Waals surface area contributed by atoms with Crippen LogP contribution in [0.5, 0.6) is 11.5 Å². The van der Waals surface area contributed by atoms with Gasteiger partial charge in [0.15, 0.2) is 11.5 Å². The lowest BCUT2D eigenvalue weighted by Crippen LogP contribution is -2.33. The Hall–Kier alpha value is -1.79. The molecule has 1 rings (SSSR count). The van der Waals surface area contributed by atoms with Gasteiger partial charge in [-0.3, -0.25) is 4.79 Å². The maximum atomic E-state index is 12.1. The summed E-state index contributed by atoms with van der Waals surface area (Å²) in [5, 5.41) is 16.4. The molecule has 1 aromatic rings. The Morgan fingerprint density at radius 2 is 1.81 bits per heavy atom. The summed E-state index contributed by atoms with van der Waals surface area (Å²) in [6.45, 7) is 8.58. The molecule has 0 radical (unpaired) electrons. The van der Waals surface area contributed by atoms with Gasteiger partial charge in [0.25, 0.3) is 0 Å². The van der Waals surface area contributed by atoms with Crippen LogP contribution >= 0.6 is 0 Å². The molecule has 0 aliphatic heterocycles. The first-order valence-corrected chi connectivity index (χ1v) is 11.9. The number of benzene rings is 1. The Bertz CT molecular complexity index is 609. The normalized spacial score (nSPS) is 12.9. The second-order valence-electron chi connectivity index (χ2n) is 8.42. The molecule has 0 saturated heterocycles. The van der Waals surface area contributed by atoms with E-state index in [-0.39, 0.29) is 12.5 Å². The molecule has 0 aliphatic rings. The zero-order valence-corrected chi connectivity index (χ0v) is 20.0. The molecule has 0 spiro atoms. The zero-order valence-electron chi connectivity index (χ0n) is 20.0. The van der Waals surface area contributed by atoms with Crippen LogP contribution in [0, 0.1) is 5.92 Å². The van der Waals surface area contributed by atoms with Gasteiger partial charge < -0.3 is 25.2 Å². The molecule has 0 aliphatic carbocycles. The predicted octanol–water partition coefficient (Wildman–Crippen LogP) is 4.44. The van der Waals surface area contributed by atoms with Gasteiger partial charge in [-0.15, -0.1) is 0 Å². The molecule has 0 heterocycles. The number of ether oxygens (including phenoxy) is 2. The van der Waals surface area contributed by atoms with Crippen LogP contribution in [-0.4, -0.2) is 43.9 Å². The van der Waals surface area contributed by atoms with Crippen molar-refractivity contribution >= 4 is 5.91 Å². The van der Waals surface area contributed by atoms with Crippen molar-refractivity contribution in [1.82, 2.24) is 10.6 Å². The van der Waals surface area contributed by atoms with E-state index < -0.39 is 6.10 Å². The second kappa shape index (κ2) is 16.8. The molecular formula is C25H44N2O4. The van der Waals surface area contributed by atoms with Crippen LogP contribution in [0.2, 0.25) is 0 Å². The number of carbonyl (C=O) groups is 1. The van der Waals surface area contributed by atoms with E-state index in [1.807, 2.05) is 18.2 Å². The molecule has 6 nitrogen and oxygen atoms in total. The van der Waals surface area contributed by atoms with Gasteiger partial charge in [-0.1, -0.05) is 65.4 Å². The molecule has 6 heteroatoms. The number of rotatable bonds is 18. The lowest BCUT2D eigenvalue weighted by molar-refractivity contribution is -0.121. The lowest BCUT2D eigenvalue weighted by atomic mass is 10.1. The minimum absolute atomic E-state index is 0.0859. The summed E-state index contributed by atoms with van der Waals surface area (Å²) in [5.41, 5.74) is 0.955. The number of nitrogens with one attached hydrogen (secondary N) is 2. The van der Waals surface area contributed by atoms with Crippen LogP contribution in [0.1, 0.15) is 77.7 Å². The highest BCUT2D eigenvalue weighted by Crippen LogP contribution is 2.28. The highest BCUT2D eigenvalue weighted by atomic mass is 16.5. The summed E-state index contributed by atoms with van der Waals surface area (Å²) in [6.07, 6.45) is 8.16. The summed E-state index contributed by atoms with van der Waals surface area (Å²) in [5.74, 6) is 1.86. The average Bonchev–Trinajstić information content (AvgIpc) is 2.78. The molecule has 178 valence electrons. The first-order valence-electron chi connectivity index (χ1n) is 11.9. The number of amides is 1. The Kier molecular flexibility index (Phi) is 14.8. The van der Waals surface area contributed by atoms with E-state index in [9.17, 15) is 9.90 Å². The van der Waals surface area contributed by atoms with Crippen LogP contribution in [0.4, 0.5) is 0 Å². The van der Waals surface area contributed by atoms with Crippen LogP contribution in [0.3, 0.4) is 0 Å². The minimum atomic E-state index is -0.588. The highest BCUT2D eigenvalue weighted by Gasteiger charge is 2.11. The van der Waals surface area contributed by atoms with E-state index in [1.165, 1.54) is 25.7 Å². The Morgan fingerprint density at radius 3 is 2.52 bits per heavy atom. The van der Waals surface area contributed by atoms with Crippen molar-refractivity contribution < 1.29 is 19.4 Å². The van der Waals surface area contributed by atoms with Crippen molar-refractivity contribution in [1.29, 1.82) is 0 Å². The van der Waals surface area contributed by atoms with Gasteiger partial charge in [-0.2, -0.15) is 0 Å². The fourth-order valence-electron chi connectivity index (χ4n) is 3.18. The molecule has 1 amide bonds. The SMILES string of the molecule is CCCCCCCCC(=O)NCc1ccc(OCC(O)CNCC(C)CC)c(OC)c1. The van der Waals surface area contributed by atoms with Gasteiger partial charge in [0, 0.05) is 19.5 Å². The van der Waals surface area contributed by atoms with Crippen molar-refractivity contribution in [2.75, 3.05) is 26.8 Å². The summed E-state index contributed by atoms with van der Waals surface area (Å²) in [7, 11) is 1.59. The molecule has 0 aromatic heterocycles. The molecule has 1 aromatic carbocycles. The number of carbonyl (C=O) groups excluding carboxylic acids is 1. The van der Waals surface area contributed by atoms with Crippen LogP contribution < -0.4 is 20.1 Å². The van der Waals surface area contributed by atoms with E-state index in [1.54, 1.807) is 7.11 Å². The Labute approximate surface area is 189 Å². The van der Waals surface area contributed by atoms with Crippen LogP contribution in [0.15, 0.2) is 18.2 Å². The van der Waals surface area contributed by atoms with E-state index in [4.69, 9.17) is 9.47 Å². The molecular weight excluding hydrogens is 392 g/mol. The quantitative estimate of drug-likeness (QED) is 0.297. The van der Waals surface area contributed by atoms with Crippen LogP contribution in [0.25, 0.3) is 0 Å². The zero-order chi connectivity index (χ0) is 22.9. The van der Waals surface area contributed by atoms with Crippen LogP contribution in [-0.2, 0) is 11.3 Å². The average molecular weight is 437 g/mol. The Balaban J connectivity index is 2.35.